The predicted octanol–water partition coefficient (Wildman–Crippen LogP) is 1.87. The van der Waals surface area contributed by atoms with Crippen LogP contribution in [-0.2, 0) is 14.4 Å². The van der Waals surface area contributed by atoms with Crippen molar-refractivity contribution in [2.24, 2.45) is 5.92 Å². The number of hydroxylamine groups is 1. The maximum Gasteiger partial charge on any atom is 0.248 e. The van der Waals surface area contributed by atoms with E-state index in [0.29, 0.717) is 13.2 Å². The summed E-state index contributed by atoms with van der Waals surface area (Å²) in [5, 5.41) is 0. The van der Waals surface area contributed by atoms with E-state index in [2.05, 4.69) is 21.4 Å². The van der Waals surface area contributed by atoms with Gasteiger partial charge in [-0.05, 0) is 35.0 Å². The third-order valence-corrected chi connectivity index (χ3v) is 3.63. The van der Waals surface area contributed by atoms with Crippen molar-refractivity contribution in [3.63, 3.8) is 0 Å². The van der Waals surface area contributed by atoms with Crippen LogP contribution in [0.3, 0.4) is 0 Å². The fourth-order valence-electron chi connectivity index (χ4n) is 2.01. The van der Waals surface area contributed by atoms with Crippen LogP contribution in [0.4, 0.5) is 5.69 Å². The van der Waals surface area contributed by atoms with Gasteiger partial charge in [-0.25, -0.2) is 5.48 Å². The molecule has 1 fully saturated rings. The normalized spacial score (nSPS) is 18.7. The monoisotopic (exact) mass is 326 g/mol. The third-order valence-electron chi connectivity index (χ3n) is 2.96. The Labute approximate surface area is 120 Å². The highest BCUT2D eigenvalue weighted by molar-refractivity contribution is 9.10. The zero-order valence-corrected chi connectivity index (χ0v) is 12.1. The summed E-state index contributed by atoms with van der Waals surface area (Å²) < 4.78 is 0.842. The van der Waals surface area contributed by atoms with Crippen molar-refractivity contribution in [2.75, 3.05) is 18.1 Å². The van der Waals surface area contributed by atoms with Crippen LogP contribution in [0.1, 0.15) is 13.3 Å². The van der Waals surface area contributed by atoms with Gasteiger partial charge in [0.2, 0.25) is 11.8 Å². The smallest absolute Gasteiger partial charge is 0.248 e. The summed E-state index contributed by atoms with van der Waals surface area (Å²) >= 11 is 3.41. The fraction of sp³-hybridized carbons (Fsp3) is 0.385. The molecule has 5 nitrogen and oxygen atoms in total. The molecule has 102 valence electrons. The van der Waals surface area contributed by atoms with Crippen molar-refractivity contribution in [2.45, 2.75) is 13.3 Å². The summed E-state index contributed by atoms with van der Waals surface area (Å²) in [4.78, 5) is 30.3. The van der Waals surface area contributed by atoms with Crippen molar-refractivity contribution < 1.29 is 14.4 Å². The van der Waals surface area contributed by atoms with Gasteiger partial charge in [-0.1, -0.05) is 12.1 Å². The molecule has 0 unspecified atom stereocenters. The average Bonchev–Trinajstić information content (AvgIpc) is 2.78. The molecule has 1 aliphatic rings. The number of nitrogens with one attached hydrogen (secondary N) is 1. The van der Waals surface area contributed by atoms with Crippen LogP contribution in [0.25, 0.3) is 0 Å². The van der Waals surface area contributed by atoms with Crippen LogP contribution < -0.4 is 10.4 Å². The molecule has 0 aromatic heterocycles. The van der Waals surface area contributed by atoms with Gasteiger partial charge in [0.05, 0.1) is 18.2 Å². The minimum atomic E-state index is -0.369. The molecule has 1 N–H and O–H groups in total. The summed E-state index contributed by atoms with van der Waals surface area (Å²) in [5.41, 5.74) is 3.14. The zero-order valence-electron chi connectivity index (χ0n) is 10.6. The van der Waals surface area contributed by atoms with E-state index in [4.69, 9.17) is 4.84 Å². The van der Waals surface area contributed by atoms with Crippen molar-refractivity contribution in [3.8, 4) is 0 Å². The summed E-state index contributed by atoms with van der Waals surface area (Å²) in [6, 6.07) is 7.47. The molecule has 19 heavy (non-hydrogen) atoms. The van der Waals surface area contributed by atoms with E-state index < -0.39 is 0 Å². The molecule has 1 aliphatic heterocycles. The lowest BCUT2D eigenvalue weighted by Crippen LogP contribution is -2.33. The topological polar surface area (TPSA) is 58.6 Å². The van der Waals surface area contributed by atoms with Crippen molar-refractivity contribution in [3.05, 3.63) is 28.7 Å². The predicted molar refractivity (Wildman–Crippen MR) is 74.4 cm³/mol. The maximum atomic E-state index is 12.0. The van der Waals surface area contributed by atoms with E-state index in [1.54, 1.807) is 11.8 Å². The van der Waals surface area contributed by atoms with Crippen molar-refractivity contribution in [1.82, 2.24) is 5.48 Å². The summed E-state index contributed by atoms with van der Waals surface area (Å²) in [6.45, 7) is 2.56. The van der Waals surface area contributed by atoms with Crippen LogP contribution in [0.5, 0.6) is 0 Å². The molecule has 0 radical (unpaired) electrons. The highest BCUT2D eigenvalue weighted by atomic mass is 79.9. The number of nitrogens with zero attached hydrogens (tertiary/aromatic N) is 1. The molecule has 6 heteroatoms. The lowest BCUT2D eigenvalue weighted by Gasteiger charge is -2.18. The molecular weight excluding hydrogens is 312 g/mol. The van der Waals surface area contributed by atoms with Gasteiger partial charge in [-0.3, -0.25) is 14.4 Å². The molecule has 2 rings (SSSR count). The Balaban J connectivity index is 2.08. The number of benzene rings is 1. The Morgan fingerprint density at radius 1 is 1.53 bits per heavy atom. The zero-order chi connectivity index (χ0) is 13.8. The Bertz CT molecular complexity index is 493. The molecular formula is C13H15BrN2O3. The summed E-state index contributed by atoms with van der Waals surface area (Å²) in [6.07, 6.45) is 0.209. The number of carbonyl (C=O) groups is 2. The second-order valence-electron chi connectivity index (χ2n) is 4.26. The quantitative estimate of drug-likeness (QED) is 0.859. The number of anilines is 1. The van der Waals surface area contributed by atoms with E-state index in [1.165, 1.54) is 0 Å². The van der Waals surface area contributed by atoms with Crippen LogP contribution in [0.15, 0.2) is 28.7 Å². The average molecular weight is 327 g/mol. The lowest BCUT2D eigenvalue weighted by atomic mass is 10.1. The highest BCUT2D eigenvalue weighted by Crippen LogP contribution is 2.31. The van der Waals surface area contributed by atoms with E-state index in [0.717, 1.165) is 10.2 Å². The molecule has 1 aromatic rings. The van der Waals surface area contributed by atoms with E-state index in [1.807, 2.05) is 24.3 Å². The van der Waals surface area contributed by atoms with Crippen molar-refractivity contribution in [1.29, 1.82) is 0 Å². The van der Waals surface area contributed by atoms with Gasteiger partial charge < -0.3 is 4.90 Å². The van der Waals surface area contributed by atoms with Crippen LogP contribution >= 0.6 is 15.9 Å². The van der Waals surface area contributed by atoms with Gasteiger partial charge in [-0.2, -0.15) is 0 Å². The first-order chi connectivity index (χ1) is 9.13. The van der Waals surface area contributed by atoms with Crippen LogP contribution in [0, 0.1) is 5.92 Å². The molecule has 0 aliphatic carbocycles. The van der Waals surface area contributed by atoms with Crippen LogP contribution in [0.2, 0.25) is 0 Å². The SMILES string of the molecule is CCONC(=O)[C@@H]1CC(=O)N(c2ccccc2Br)C1. The number of hydrogen-bond acceptors (Lipinski definition) is 3. The number of para-hydroxylation sites is 1. The number of amides is 2. The Kier molecular flexibility index (Phi) is 4.55. The highest BCUT2D eigenvalue weighted by Gasteiger charge is 2.35. The second kappa shape index (κ2) is 6.16. The first-order valence-electron chi connectivity index (χ1n) is 6.10. The van der Waals surface area contributed by atoms with Gasteiger partial charge in [0.1, 0.15) is 0 Å². The number of hydrogen-bond donors (Lipinski definition) is 1. The molecule has 1 atom stereocenters. The molecule has 0 spiro atoms. The van der Waals surface area contributed by atoms with Gasteiger partial charge >= 0.3 is 0 Å². The van der Waals surface area contributed by atoms with E-state index in [-0.39, 0.29) is 24.2 Å². The Morgan fingerprint density at radius 3 is 2.95 bits per heavy atom. The first-order valence-corrected chi connectivity index (χ1v) is 6.89. The van der Waals surface area contributed by atoms with E-state index >= 15 is 0 Å². The molecule has 2 amide bonds. The second-order valence-corrected chi connectivity index (χ2v) is 5.11. The molecule has 1 saturated heterocycles. The largest absolute Gasteiger partial charge is 0.310 e. The molecule has 1 heterocycles. The van der Waals surface area contributed by atoms with Gasteiger partial charge in [0.25, 0.3) is 0 Å². The van der Waals surface area contributed by atoms with Gasteiger partial charge in [0.15, 0.2) is 0 Å². The Hall–Kier alpha value is -1.40. The summed E-state index contributed by atoms with van der Waals surface area (Å²) in [7, 11) is 0. The number of rotatable bonds is 4. The molecule has 0 saturated carbocycles. The first kappa shape index (κ1) is 14.0. The van der Waals surface area contributed by atoms with Gasteiger partial charge in [0, 0.05) is 17.4 Å². The Morgan fingerprint density at radius 2 is 2.26 bits per heavy atom. The minimum absolute atomic E-state index is 0.0523. The minimum Gasteiger partial charge on any atom is -0.310 e. The number of carbonyl (C=O) groups excluding carboxylic acids is 2. The molecule has 1 aromatic carbocycles. The fourth-order valence-corrected chi connectivity index (χ4v) is 2.51. The van der Waals surface area contributed by atoms with Crippen LogP contribution in [-0.4, -0.2) is 25.0 Å². The molecule has 0 bridgehead atoms. The van der Waals surface area contributed by atoms with E-state index in [9.17, 15) is 9.59 Å². The summed E-state index contributed by atoms with van der Waals surface area (Å²) in [5.74, 6) is -0.667. The number of halogens is 1. The third kappa shape index (κ3) is 3.13. The van der Waals surface area contributed by atoms with Gasteiger partial charge in [-0.15, -0.1) is 0 Å². The maximum absolute atomic E-state index is 12.0. The lowest BCUT2D eigenvalue weighted by molar-refractivity contribution is -0.137. The van der Waals surface area contributed by atoms with Crippen molar-refractivity contribution >= 4 is 33.4 Å². The standard InChI is InChI=1S/C13H15BrN2O3/c1-2-19-15-13(18)9-7-12(17)16(8-9)11-6-4-3-5-10(11)14/h3-6,9H,2,7-8H2,1H3,(H,15,18)/t9-/m1/s1.